The molecule has 4 aromatic rings. The minimum absolute atomic E-state index is 0.0716. The summed E-state index contributed by atoms with van der Waals surface area (Å²) in [6.07, 6.45) is 1.65. The second-order valence-corrected chi connectivity index (χ2v) is 7.19. The first-order valence-corrected chi connectivity index (χ1v) is 9.95. The summed E-state index contributed by atoms with van der Waals surface area (Å²) in [4.78, 5) is 19.6. The first-order chi connectivity index (χ1) is 15.5. The van der Waals surface area contributed by atoms with Crippen molar-refractivity contribution in [3.05, 3.63) is 89.0 Å². The van der Waals surface area contributed by atoms with Crippen molar-refractivity contribution in [2.24, 2.45) is 0 Å². The number of hydrogen-bond donors (Lipinski definition) is 2. The molecule has 158 valence electrons. The highest BCUT2D eigenvalue weighted by molar-refractivity contribution is 6.32. The van der Waals surface area contributed by atoms with Crippen molar-refractivity contribution < 1.29 is 13.9 Å². The quantitative estimate of drug-likeness (QED) is 0.386. The SMILES string of the molecule is N#C/C(=C/c1ccc(OCC(=O)Nc2ccccc2F)c(Cl)c1)c1nc2ccccc2[nH]1. The summed E-state index contributed by atoms with van der Waals surface area (Å²) in [7, 11) is 0. The van der Waals surface area contributed by atoms with Crippen molar-refractivity contribution in [1.82, 2.24) is 9.97 Å². The van der Waals surface area contributed by atoms with E-state index in [0.717, 1.165) is 11.0 Å². The molecule has 0 aliphatic carbocycles. The summed E-state index contributed by atoms with van der Waals surface area (Å²) in [5.74, 6) is -0.315. The molecule has 0 spiro atoms. The van der Waals surface area contributed by atoms with Crippen molar-refractivity contribution >= 4 is 45.9 Å². The molecule has 4 rings (SSSR count). The smallest absolute Gasteiger partial charge is 0.262 e. The number of nitrogens with zero attached hydrogens (tertiary/aromatic N) is 2. The summed E-state index contributed by atoms with van der Waals surface area (Å²) >= 11 is 6.28. The van der Waals surface area contributed by atoms with E-state index in [1.807, 2.05) is 24.3 Å². The van der Waals surface area contributed by atoms with E-state index in [0.29, 0.717) is 17.0 Å². The Morgan fingerprint density at radius 1 is 1.19 bits per heavy atom. The van der Waals surface area contributed by atoms with Gasteiger partial charge in [-0.15, -0.1) is 0 Å². The lowest BCUT2D eigenvalue weighted by Crippen LogP contribution is -2.20. The molecule has 6 nitrogen and oxygen atoms in total. The predicted molar refractivity (Wildman–Crippen MR) is 122 cm³/mol. The third kappa shape index (κ3) is 4.77. The average Bonchev–Trinajstić information content (AvgIpc) is 3.22. The van der Waals surface area contributed by atoms with Crippen LogP contribution < -0.4 is 10.1 Å². The average molecular weight is 447 g/mol. The summed E-state index contributed by atoms with van der Waals surface area (Å²) in [5, 5.41) is 12.3. The van der Waals surface area contributed by atoms with Crippen LogP contribution in [0.1, 0.15) is 11.4 Å². The van der Waals surface area contributed by atoms with E-state index < -0.39 is 11.7 Å². The van der Waals surface area contributed by atoms with Crippen LogP contribution in [0.25, 0.3) is 22.7 Å². The van der Waals surface area contributed by atoms with E-state index in [2.05, 4.69) is 21.4 Å². The fraction of sp³-hybridized carbons (Fsp3) is 0.0417. The van der Waals surface area contributed by atoms with Gasteiger partial charge in [0, 0.05) is 0 Å². The maximum absolute atomic E-state index is 13.6. The number of benzene rings is 3. The third-order valence-corrected chi connectivity index (χ3v) is 4.83. The molecule has 0 aliphatic heterocycles. The van der Waals surface area contributed by atoms with Gasteiger partial charge in [0.1, 0.15) is 23.5 Å². The zero-order chi connectivity index (χ0) is 22.5. The number of aromatic amines is 1. The van der Waals surface area contributed by atoms with Gasteiger partial charge in [0.15, 0.2) is 6.61 Å². The van der Waals surface area contributed by atoms with Gasteiger partial charge in [-0.05, 0) is 48.0 Å². The second kappa shape index (κ2) is 9.33. The van der Waals surface area contributed by atoms with Crippen LogP contribution in [0.15, 0.2) is 66.7 Å². The van der Waals surface area contributed by atoms with Gasteiger partial charge in [0.05, 0.1) is 27.3 Å². The van der Waals surface area contributed by atoms with Crippen LogP contribution in [0, 0.1) is 17.1 Å². The van der Waals surface area contributed by atoms with Gasteiger partial charge < -0.3 is 15.0 Å². The molecular weight excluding hydrogens is 431 g/mol. The number of rotatable bonds is 6. The van der Waals surface area contributed by atoms with Gasteiger partial charge in [0.25, 0.3) is 5.91 Å². The van der Waals surface area contributed by atoms with E-state index in [1.54, 1.807) is 30.3 Å². The highest BCUT2D eigenvalue weighted by Gasteiger charge is 2.11. The van der Waals surface area contributed by atoms with Crippen LogP contribution in [0.3, 0.4) is 0 Å². The predicted octanol–water partition coefficient (Wildman–Crippen LogP) is 5.44. The number of halogens is 2. The Balaban J connectivity index is 1.46. The number of para-hydroxylation sites is 3. The van der Waals surface area contributed by atoms with E-state index in [1.165, 1.54) is 18.2 Å². The normalized spacial score (nSPS) is 11.2. The van der Waals surface area contributed by atoms with Crippen LogP contribution >= 0.6 is 11.6 Å². The van der Waals surface area contributed by atoms with Gasteiger partial charge >= 0.3 is 0 Å². The number of aromatic nitrogens is 2. The van der Waals surface area contributed by atoms with Gasteiger partial charge in [-0.2, -0.15) is 5.26 Å². The number of ether oxygens (including phenoxy) is 1. The Labute approximate surface area is 187 Å². The highest BCUT2D eigenvalue weighted by atomic mass is 35.5. The Morgan fingerprint density at radius 3 is 2.72 bits per heavy atom. The molecule has 0 bridgehead atoms. The minimum Gasteiger partial charge on any atom is -0.482 e. The number of carbonyl (C=O) groups is 1. The third-order valence-electron chi connectivity index (χ3n) is 4.54. The first-order valence-electron chi connectivity index (χ1n) is 9.57. The highest BCUT2D eigenvalue weighted by Crippen LogP contribution is 2.28. The van der Waals surface area contributed by atoms with Crippen LogP contribution in [0.5, 0.6) is 5.75 Å². The van der Waals surface area contributed by atoms with Gasteiger partial charge in [0.2, 0.25) is 0 Å². The summed E-state index contributed by atoms with van der Waals surface area (Å²) < 4.78 is 19.1. The molecule has 0 saturated heterocycles. The number of fused-ring (bicyclic) bond motifs is 1. The van der Waals surface area contributed by atoms with E-state index in [4.69, 9.17) is 16.3 Å². The number of allylic oxidation sites excluding steroid dienone is 1. The fourth-order valence-corrected chi connectivity index (χ4v) is 3.26. The second-order valence-electron chi connectivity index (χ2n) is 6.78. The molecule has 0 unspecified atom stereocenters. The Hall–Kier alpha value is -4.15. The number of carbonyl (C=O) groups excluding carboxylic acids is 1. The molecule has 0 fully saturated rings. The van der Waals surface area contributed by atoms with Crippen LogP contribution in [0.2, 0.25) is 5.02 Å². The van der Waals surface area contributed by atoms with Crippen molar-refractivity contribution in [3.63, 3.8) is 0 Å². The lowest BCUT2D eigenvalue weighted by atomic mass is 10.1. The zero-order valence-electron chi connectivity index (χ0n) is 16.6. The largest absolute Gasteiger partial charge is 0.482 e. The minimum atomic E-state index is -0.534. The maximum Gasteiger partial charge on any atom is 0.262 e. The maximum atomic E-state index is 13.6. The molecule has 2 N–H and O–H groups in total. The molecule has 0 aliphatic rings. The molecule has 1 amide bonds. The van der Waals surface area contributed by atoms with E-state index in [9.17, 15) is 14.4 Å². The standard InChI is InChI=1S/C24H16ClFN4O2/c25-17-12-15(11-16(13-27)24-29-20-7-3-4-8-21(20)30-24)9-10-22(17)32-14-23(31)28-19-6-2-1-5-18(19)26/h1-12H,14H2,(H,28,31)(H,29,30)/b16-11-. The Morgan fingerprint density at radius 2 is 1.97 bits per heavy atom. The first kappa shape index (κ1) is 21.1. The molecule has 0 atom stereocenters. The number of anilines is 1. The monoisotopic (exact) mass is 446 g/mol. The molecular formula is C24H16ClFN4O2. The zero-order valence-corrected chi connectivity index (χ0v) is 17.4. The Bertz CT molecular complexity index is 1340. The van der Waals surface area contributed by atoms with Crippen molar-refractivity contribution in [2.75, 3.05) is 11.9 Å². The summed E-state index contributed by atoms with van der Waals surface area (Å²) in [6.45, 7) is -0.342. The number of imidazole rings is 1. The number of amides is 1. The number of H-pyrrole nitrogens is 1. The van der Waals surface area contributed by atoms with Crippen molar-refractivity contribution in [2.45, 2.75) is 0 Å². The summed E-state index contributed by atoms with van der Waals surface area (Å²) in [5.41, 5.74) is 2.67. The van der Waals surface area contributed by atoms with Crippen LogP contribution in [-0.4, -0.2) is 22.5 Å². The number of nitrogens with one attached hydrogen (secondary N) is 2. The lowest BCUT2D eigenvalue weighted by molar-refractivity contribution is -0.118. The van der Waals surface area contributed by atoms with Crippen LogP contribution in [0.4, 0.5) is 10.1 Å². The van der Waals surface area contributed by atoms with Crippen LogP contribution in [-0.2, 0) is 4.79 Å². The van der Waals surface area contributed by atoms with Crippen molar-refractivity contribution in [1.29, 1.82) is 5.26 Å². The molecule has 3 aromatic carbocycles. The van der Waals surface area contributed by atoms with E-state index >= 15 is 0 Å². The molecule has 0 radical (unpaired) electrons. The fourth-order valence-electron chi connectivity index (χ4n) is 3.02. The van der Waals surface area contributed by atoms with E-state index in [-0.39, 0.29) is 23.1 Å². The molecule has 8 heteroatoms. The lowest BCUT2D eigenvalue weighted by Gasteiger charge is -2.10. The molecule has 32 heavy (non-hydrogen) atoms. The van der Waals surface area contributed by atoms with Crippen molar-refractivity contribution in [3.8, 4) is 11.8 Å². The Kier molecular flexibility index (Phi) is 6.15. The molecule has 1 aromatic heterocycles. The number of hydrogen-bond acceptors (Lipinski definition) is 4. The topological polar surface area (TPSA) is 90.8 Å². The molecule has 1 heterocycles. The van der Waals surface area contributed by atoms with Gasteiger partial charge in [-0.1, -0.05) is 41.9 Å². The summed E-state index contributed by atoms with van der Waals surface area (Å²) in [6, 6.07) is 20.4. The molecule has 0 saturated carbocycles. The van der Waals surface area contributed by atoms with Gasteiger partial charge in [-0.25, -0.2) is 9.37 Å². The number of nitriles is 1. The van der Waals surface area contributed by atoms with Gasteiger partial charge in [-0.3, -0.25) is 4.79 Å².